The van der Waals surface area contributed by atoms with Crippen molar-refractivity contribution in [3.63, 3.8) is 0 Å². The van der Waals surface area contributed by atoms with Crippen LogP contribution in [-0.4, -0.2) is 35.5 Å². The van der Waals surface area contributed by atoms with E-state index < -0.39 is 5.60 Å². The summed E-state index contributed by atoms with van der Waals surface area (Å²) in [6.45, 7) is 6.52. The van der Waals surface area contributed by atoms with Gasteiger partial charge < -0.3 is 9.64 Å². The van der Waals surface area contributed by atoms with Gasteiger partial charge in [-0.3, -0.25) is 0 Å². The Morgan fingerprint density at radius 1 is 1.26 bits per heavy atom. The zero-order valence-corrected chi connectivity index (χ0v) is 16.9. The Morgan fingerprint density at radius 3 is 2.48 bits per heavy atom. The largest absolute Gasteiger partial charge is 0.444 e. The zero-order valence-electron chi connectivity index (χ0n) is 15.3. The van der Waals surface area contributed by atoms with E-state index in [9.17, 15) is 4.79 Å². The number of alkyl halides is 1. The molecule has 0 N–H and O–H groups in total. The highest BCUT2D eigenvalue weighted by atomic mass is 79.9. The van der Waals surface area contributed by atoms with Gasteiger partial charge in [0.15, 0.2) is 0 Å². The first kappa shape index (κ1) is 20.5. The highest BCUT2D eigenvalue weighted by molar-refractivity contribution is 9.09. The van der Waals surface area contributed by atoms with Crippen LogP contribution < -0.4 is 0 Å². The van der Waals surface area contributed by atoms with Crippen molar-refractivity contribution in [3.8, 4) is 0 Å². The Kier molecular flexibility index (Phi) is 9.26. The fourth-order valence-electron chi connectivity index (χ4n) is 2.96. The monoisotopic (exact) mass is 387 g/mol. The van der Waals surface area contributed by atoms with Crippen molar-refractivity contribution in [2.45, 2.75) is 71.3 Å². The van der Waals surface area contributed by atoms with Gasteiger partial charge in [0.2, 0.25) is 0 Å². The Bertz CT molecular complexity index is 368. The molecule has 0 aromatic rings. The molecule has 1 aliphatic rings. The fraction of sp³-hybridized carbons (Fsp3) is 0.842. The van der Waals surface area contributed by atoms with Gasteiger partial charge >= 0.3 is 6.09 Å². The molecular weight excluding hydrogens is 354 g/mol. The first-order chi connectivity index (χ1) is 10.8. The molecule has 0 aliphatic heterocycles. The van der Waals surface area contributed by atoms with Crippen LogP contribution in [0, 0.1) is 11.8 Å². The van der Waals surface area contributed by atoms with E-state index in [0.717, 1.165) is 30.1 Å². The van der Waals surface area contributed by atoms with Gasteiger partial charge in [0, 0.05) is 18.9 Å². The molecule has 1 rings (SSSR count). The molecule has 0 spiro atoms. The van der Waals surface area contributed by atoms with E-state index >= 15 is 0 Å². The van der Waals surface area contributed by atoms with Crippen LogP contribution >= 0.6 is 15.9 Å². The average molecular weight is 388 g/mol. The number of halogens is 1. The molecule has 134 valence electrons. The second-order valence-electron chi connectivity index (χ2n) is 7.73. The number of carbonyl (C=O) groups excluding carboxylic acids is 1. The molecule has 1 amide bonds. The van der Waals surface area contributed by atoms with E-state index in [1.54, 1.807) is 4.90 Å². The molecule has 0 aromatic carbocycles. The lowest BCUT2D eigenvalue weighted by molar-refractivity contribution is 0.0287. The molecule has 23 heavy (non-hydrogen) atoms. The van der Waals surface area contributed by atoms with Crippen LogP contribution in [0.15, 0.2) is 12.2 Å². The SMILES string of the molecule is CN(CCC1CCC(C=CCCCBr)CC1)C(=O)OC(C)(C)C. The van der Waals surface area contributed by atoms with Gasteiger partial charge in [-0.05, 0) is 77.6 Å². The number of ether oxygens (including phenoxy) is 1. The van der Waals surface area contributed by atoms with E-state index in [0.29, 0.717) is 0 Å². The summed E-state index contributed by atoms with van der Waals surface area (Å²) in [5, 5.41) is 1.09. The van der Waals surface area contributed by atoms with Crippen molar-refractivity contribution in [3.05, 3.63) is 12.2 Å². The molecule has 0 unspecified atom stereocenters. The minimum atomic E-state index is -0.412. The number of carbonyl (C=O) groups is 1. The third-order valence-electron chi connectivity index (χ3n) is 4.38. The van der Waals surface area contributed by atoms with E-state index in [-0.39, 0.29) is 6.09 Å². The van der Waals surface area contributed by atoms with Gasteiger partial charge in [0.05, 0.1) is 0 Å². The van der Waals surface area contributed by atoms with Crippen molar-refractivity contribution in [2.75, 3.05) is 18.9 Å². The summed E-state index contributed by atoms with van der Waals surface area (Å²) >= 11 is 3.47. The molecule has 1 saturated carbocycles. The van der Waals surface area contributed by atoms with Crippen LogP contribution in [0.25, 0.3) is 0 Å². The molecule has 0 atom stereocenters. The Labute approximate surface area is 151 Å². The zero-order chi connectivity index (χ0) is 17.3. The maximum atomic E-state index is 11.9. The second kappa shape index (κ2) is 10.4. The summed E-state index contributed by atoms with van der Waals surface area (Å²) in [6, 6.07) is 0. The molecular formula is C19H34BrNO2. The molecule has 1 aliphatic carbocycles. The number of rotatable bonds is 7. The van der Waals surface area contributed by atoms with Crippen LogP contribution in [0.5, 0.6) is 0 Å². The Hall–Kier alpha value is -0.510. The predicted molar refractivity (Wildman–Crippen MR) is 101 cm³/mol. The number of hydrogen-bond donors (Lipinski definition) is 0. The summed E-state index contributed by atoms with van der Waals surface area (Å²) in [5.41, 5.74) is -0.412. The highest BCUT2D eigenvalue weighted by Crippen LogP contribution is 2.31. The van der Waals surface area contributed by atoms with E-state index in [4.69, 9.17) is 4.74 Å². The molecule has 0 aromatic heterocycles. The Morgan fingerprint density at radius 2 is 1.91 bits per heavy atom. The summed E-state index contributed by atoms with van der Waals surface area (Å²) < 4.78 is 5.40. The molecule has 4 heteroatoms. The number of allylic oxidation sites excluding steroid dienone is 2. The van der Waals surface area contributed by atoms with Crippen molar-refractivity contribution in [2.24, 2.45) is 11.8 Å². The van der Waals surface area contributed by atoms with Crippen molar-refractivity contribution in [1.82, 2.24) is 4.90 Å². The topological polar surface area (TPSA) is 29.5 Å². The predicted octanol–water partition coefficient (Wildman–Crippen LogP) is 5.78. The van der Waals surface area contributed by atoms with E-state index in [1.807, 2.05) is 27.8 Å². The third kappa shape index (κ3) is 9.39. The van der Waals surface area contributed by atoms with Crippen LogP contribution in [0.3, 0.4) is 0 Å². The average Bonchev–Trinajstić information content (AvgIpc) is 2.48. The lowest BCUT2D eigenvalue weighted by atomic mass is 9.80. The van der Waals surface area contributed by atoms with Crippen LogP contribution in [-0.2, 0) is 4.74 Å². The van der Waals surface area contributed by atoms with Crippen molar-refractivity contribution in [1.29, 1.82) is 0 Å². The number of unbranched alkanes of at least 4 members (excludes halogenated alkanes) is 1. The molecule has 0 radical (unpaired) electrons. The van der Waals surface area contributed by atoms with Gasteiger partial charge in [-0.15, -0.1) is 0 Å². The minimum absolute atomic E-state index is 0.207. The summed E-state index contributed by atoms with van der Waals surface area (Å²) in [6.07, 6.45) is 13.2. The van der Waals surface area contributed by atoms with Crippen molar-refractivity contribution < 1.29 is 9.53 Å². The van der Waals surface area contributed by atoms with Gasteiger partial charge in [0.25, 0.3) is 0 Å². The van der Waals surface area contributed by atoms with Crippen molar-refractivity contribution >= 4 is 22.0 Å². The number of hydrogen-bond acceptors (Lipinski definition) is 2. The molecule has 0 heterocycles. The normalized spacial score (nSPS) is 22.3. The lowest BCUT2D eigenvalue weighted by Crippen LogP contribution is -2.35. The van der Waals surface area contributed by atoms with Gasteiger partial charge in [-0.2, -0.15) is 0 Å². The number of nitrogens with zero attached hydrogens (tertiary/aromatic N) is 1. The smallest absolute Gasteiger partial charge is 0.410 e. The van der Waals surface area contributed by atoms with E-state index in [2.05, 4.69) is 28.1 Å². The van der Waals surface area contributed by atoms with Crippen LogP contribution in [0.2, 0.25) is 0 Å². The van der Waals surface area contributed by atoms with E-state index in [1.165, 1.54) is 38.5 Å². The van der Waals surface area contributed by atoms with Crippen LogP contribution in [0.4, 0.5) is 4.79 Å². The summed E-state index contributed by atoms with van der Waals surface area (Å²) in [7, 11) is 1.84. The minimum Gasteiger partial charge on any atom is -0.444 e. The lowest BCUT2D eigenvalue weighted by Gasteiger charge is -2.29. The van der Waals surface area contributed by atoms with Gasteiger partial charge in [0.1, 0.15) is 5.60 Å². The first-order valence-corrected chi connectivity index (χ1v) is 10.1. The first-order valence-electron chi connectivity index (χ1n) is 8.98. The summed E-state index contributed by atoms with van der Waals surface area (Å²) in [4.78, 5) is 13.7. The summed E-state index contributed by atoms with van der Waals surface area (Å²) in [5.74, 6) is 1.53. The molecule has 0 saturated heterocycles. The quantitative estimate of drug-likeness (QED) is 0.314. The second-order valence-corrected chi connectivity index (χ2v) is 8.52. The Balaban J connectivity index is 2.21. The molecule has 1 fully saturated rings. The van der Waals surface area contributed by atoms with Crippen LogP contribution in [0.1, 0.15) is 65.7 Å². The standard InChI is InChI=1S/C19H34BrNO2/c1-19(2,3)23-18(22)21(4)15-13-17-11-9-16(10-12-17)8-6-5-7-14-20/h6,8,16-17H,5,7,9-15H2,1-4H3. The highest BCUT2D eigenvalue weighted by Gasteiger charge is 2.22. The van der Waals surface area contributed by atoms with Gasteiger partial charge in [-0.25, -0.2) is 4.79 Å². The fourth-order valence-corrected chi connectivity index (χ4v) is 3.28. The molecule has 3 nitrogen and oxygen atoms in total. The molecule has 0 bridgehead atoms. The maximum absolute atomic E-state index is 11.9. The number of amides is 1. The maximum Gasteiger partial charge on any atom is 0.410 e. The third-order valence-corrected chi connectivity index (χ3v) is 4.94. The van der Waals surface area contributed by atoms with Gasteiger partial charge in [-0.1, -0.05) is 28.1 Å².